The van der Waals surface area contributed by atoms with Gasteiger partial charge in [-0.3, -0.25) is 14.4 Å². The van der Waals surface area contributed by atoms with Crippen molar-refractivity contribution in [2.24, 2.45) is 0 Å². The van der Waals surface area contributed by atoms with Crippen LogP contribution < -0.4 is 16.0 Å². The van der Waals surface area contributed by atoms with E-state index in [1.165, 1.54) is 19.1 Å². The number of amides is 3. The number of carbonyl (C=O) groups excluding carboxylic acids is 3. The monoisotopic (exact) mass is 409 g/mol. The van der Waals surface area contributed by atoms with E-state index in [-0.39, 0.29) is 23.7 Å². The van der Waals surface area contributed by atoms with Crippen molar-refractivity contribution in [3.63, 3.8) is 0 Å². The highest BCUT2D eigenvalue weighted by Crippen LogP contribution is 2.29. The zero-order valence-corrected chi connectivity index (χ0v) is 15.2. The molecule has 0 saturated heterocycles. The molecule has 4 N–H and O–H groups in total. The number of aliphatic hydroxyl groups is 1. The van der Waals surface area contributed by atoms with Gasteiger partial charge in [0.1, 0.15) is 0 Å². The number of rotatable bonds is 5. The third-order valence-corrected chi connectivity index (χ3v) is 3.73. The summed E-state index contributed by atoms with van der Waals surface area (Å²) in [7, 11) is 0. The third-order valence-electron chi connectivity index (χ3n) is 3.73. The van der Waals surface area contributed by atoms with Crippen LogP contribution in [0.5, 0.6) is 0 Å². The van der Waals surface area contributed by atoms with E-state index in [0.29, 0.717) is 5.69 Å². The molecule has 0 bridgehead atoms. The van der Waals surface area contributed by atoms with Gasteiger partial charge in [0.25, 0.3) is 0 Å². The van der Waals surface area contributed by atoms with E-state index < -0.39 is 29.7 Å². The number of hydrogen-bond acceptors (Lipinski definition) is 4. The molecule has 0 aliphatic heterocycles. The lowest BCUT2D eigenvalue weighted by Gasteiger charge is -2.14. The highest BCUT2D eigenvalue weighted by molar-refractivity contribution is 6.39. The van der Waals surface area contributed by atoms with E-state index in [9.17, 15) is 32.7 Å². The molecular formula is C19H18F3N3O4. The highest BCUT2D eigenvalue weighted by Gasteiger charge is 2.30. The molecule has 0 heterocycles. The number of anilines is 2. The van der Waals surface area contributed by atoms with E-state index in [4.69, 9.17) is 0 Å². The van der Waals surface area contributed by atoms with Crippen molar-refractivity contribution < 1.29 is 32.7 Å². The van der Waals surface area contributed by atoms with Gasteiger partial charge in [0.05, 0.1) is 11.7 Å². The highest BCUT2D eigenvalue weighted by atomic mass is 19.4. The molecule has 2 rings (SSSR count). The minimum atomic E-state index is -4.49. The van der Waals surface area contributed by atoms with Crippen LogP contribution in [-0.4, -0.2) is 29.4 Å². The Morgan fingerprint density at radius 3 is 2.10 bits per heavy atom. The summed E-state index contributed by atoms with van der Waals surface area (Å²) in [6, 6.07) is 9.92. The van der Waals surface area contributed by atoms with E-state index in [1.807, 2.05) is 0 Å². The third kappa shape index (κ3) is 6.61. The van der Waals surface area contributed by atoms with E-state index in [1.54, 1.807) is 12.1 Å². The van der Waals surface area contributed by atoms with Crippen LogP contribution in [0.25, 0.3) is 0 Å². The summed E-state index contributed by atoms with van der Waals surface area (Å²) < 4.78 is 37.6. The molecule has 2 aromatic rings. The average Bonchev–Trinajstić information content (AvgIpc) is 2.65. The number of carbonyl (C=O) groups is 3. The van der Waals surface area contributed by atoms with Gasteiger partial charge in [0.15, 0.2) is 0 Å². The van der Waals surface area contributed by atoms with Gasteiger partial charge in [-0.05, 0) is 35.9 Å². The summed E-state index contributed by atoms with van der Waals surface area (Å²) in [5, 5.41) is 17.0. The topological polar surface area (TPSA) is 108 Å². The maximum Gasteiger partial charge on any atom is 0.416 e. The normalized spacial score (nSPS) is 12.0. The zero-order chi connectivity index (χ0) is 21.6. The van der Waals surface area contributed by atoms with Gasteiger partial charge in [-0.2, -0.15) is 13.2 Å². The molecule has 0 fully saturated rings. The van der Waals surface area contributed by atoms with Crippen LogP contribution in [0.2, 0.25) is 0 Å². The Kier molecular flexibility index (Phi) is 6.94. The standard InChI is InChI=1S/C19H18F3N3O4/c1-11(26)24-14-3-2-4-15(9-14)25-18(29)17(28)23-10-16(27)12-5-7-13(8-6-12)19(20,21)22/h2-9,16,27H,10H2,1H3,(H,23,28)(H,24,26)(H,25,29). The lowest BCUT2D eigenvalue weighted by Crippen LogP contribution is -2.37. The van der Waals surface area contributed by atoms with Crippen molar-refractivity contribution in [2.45, 2.75) is 19.2 Å². The molecule has 0 spiro atoms. The van der Waals surface area contributed by atoms with E-state index in [0.717, 1.165) is 24.3 Å². The van der Waals surface area contributed by atoms with Crippen molar-refractivity contribution in [3.05, 3.63) is 59.7 Å². The first-order chi connectivity index (χ1) is 13.6. The predicted molar refractivity (Wildman–Crippen MR) is 98.8 cm³/mol. The number of benzene rings is 2. The molecule has 29 heavy (non-hydrogen) atoms. The molecule has 2 aromatic carbocycles. The van der Waals surface area contributed by atoms with Crippen LogP contribution in [0.15, 0.2) is 48.5 Å². The Morgan fingerprint density at radius 1 is 0.966 bits per heavy atom. The molecule has 0 radical (unpaired) electrons. The van der Waals surface area contributed by atoms with Crippen LogP contribution in [-0.2, 0) is 20.6 Å². The van der Waals surface area contributed by atoms with Crippen molar-refractivity contribution in [1.82, 2.24) is 5.32 Å². The van der Waals surface area contributed by atoms with Crippen LogP contribution in [0.4, 0.5) is 24.5 Å². The number of aliphatic hydroxyl groups excluding tert-OH is 1. The van der Waals surface area contributed by atoms with Crippen molar-refractivity contribution in [1.29, 1.82) is 0 Å². The summed E-state index contributed by atoms with van der Waals surface area (Å²) in [6.45, 7) is 0.949. The molecule has 7 nitrogen and oxygen atoms in total. The van der Waals surface area contributed by atoms with Gasteiger partial charge in [-0.15, -0.1) is 0 Å². The van der Waals surface area contributed by atoms with Crippen LogP contribution in [0.1, 0.15) is 24.2 Å². The number of hydrogen-bond donors (Lipinski definition) is 4. The first-order valence-corrected chi connectivity index (χ1v) is 8.38. The first kappa shape index (κ1) is 21.9. The molecule has 0 aliphatic rings. The Labute approximate surface area is 163 Å². The summed E-state index contributed by atoms with van der Waals surface area (Å²) in [5.41, 5.74) is -0.0202. The molecule has 0 aliphatic carbocycles. The number of alkyl halides is 3. The maximum absolute atomic E-state index is 12.5. The van der Waals surface area contributed by atoms with Gasteiger partial charge in [0.2, 0.25) is 5.91 Å². The second-order valence-electron chi connectivity index (χ2n) is 6.06. The number of halogens is 3. The van der Waals surface area contributed by atoms with Gasteiger partial charge in [-0.1, -0.05) is 18.2 Å². The van der Waals surface area contributed by atoms with Gasteiger partial charge >= 0.3 is 18.0 Å². The molecule has 3 amide bonds. The van der Waals surface area contributed by atoms with Gasteiger partial charge in [-0.25, -0.2) is 0 Å². The largest absolute Gasteiger partial charge is 0.416 e. The lowest BCUT2D eigenvalue weighted by atomic mass is 10.1. The van der Waals surface area contributed by atoms with Crippen LogP contribution in [0.3, 0.4) is 0 Å². The predicted octanol–water partition coefficient (Wildman–Crippen LogP) is 2.45. The smallest absolute Gasteiger partial charge is 0.387 e. The van der Waals surface area contributed by atoms with Crippen molar-refractivity contribution >= 4 is 29.1 Å². The fourth-order valence-electron chi connectivity index (χ4n) is 2.35. The summed E-state index contributed by atoms with van der Waals surface area (Å²) >= 11 is 0. The summed E-state index contributed by atoms with van der Waals surface area (Å²) in [5.74, 6) is -2.35. The number of nitrogens with one attached hydrogen (secondary N) is 3. The quantitative estimate of drug-likeness (QED) is 0.569. The minimum Gasteiger partial charge on any atom is -0.387 e. The Morgan fingerprint density at radius 2 is 1.55 bits per heavy atom. The summed E-state index contributed by atoms with van der Waals surface area (Å²) in [4.78, 5) is 34.9. The maximum atomic E-state index is 12.5. The second-order valence-corrected chi connectivity index (χ2v) is 6.06. The molecule has 0 saturated carbocycles. The van der Waals surface area contributed by atoms with E-state index in [2.05, 4.69) is 16.0 Å². The fourth-order valence-corrected chi connectivity index (χ4v) is 2.35. The first-order valence-electron chi connectivity index (χ1n) is 8.38. The van der Waals surface area contributed by atoms with Crippen LogP contribution in [0, 0.1) is 0 Å². The Hall–Kier alpha value is -3.40. The molecule has 10 heteroatoms. The Balaban J connectivity index is 1.89. The SMILES string of the molecule is CC(=O)Nc1cccc(NC(=O)C(=O)NCC(O)c2ccc(C(F)(F)F)cc2)c1. The minimum absolute atomic E-state index is 0.154. The molecule has 154 valence electrons. The van der Waals surface area contributed by atoms with Crippen molar-refractivity contribution in [3.8, 4) is 0 Å². The summed E-state index contributed by atoms with van der Waals surface area (Å²) in [6.07, 6.45) is -5.79. The molecule has 1 atom stereocenters. The Bertz CT molecular complexity index is 898. The van der Waals surface area contributed by atoms with Gasteiger partial charge < -0.3 is 21.1 Å². The average molecular weight is 409 g/mol. The van der Waals surface area contributed by atoms with E-state index >= 15 is 0 Å². The molecule has 0 aromatic heterocycles. The molecule has 1 unspecified atom stereocenters. The fraction of sp³-hybridized carbons (Fsp3) is 0.211. The van der Waals surface area contributed by atoms with Crippen LogP contribution >= 0.6 is 0 Å². The zero-order valence-electron chi connectivity index (χ0n) is 15.2. The molecular weight excluding hydrogens is 391 g/mol. The second kappa shape index (κ2) is 9.20. The van der Waals surface area contributed by atoms with Crippen molar-refractivity contribution in [2.75, 3.05) is 17.2 Å². The van der Waals surface area contributed by atoms with Gasteiger partial charge in [0, 0.05) is 24.8 Å². The lowest BCUT2D eigenvalue weighted by molar-refractivity contribution is -0.137.